The predicted molar refractivity (Wildman–Crippen MR) is 151 cm³/mol. The van der Waals surface area contributed by atoms with Crippen LogP contribution in [0.5, 0.6) is 5.75 Å². The van der Waals surface area contributed by atoms with E-state index < -0.39 is 6.10 Å². The third-order valence-electron chi connectivity index (χ3n) is 6.19. The van der Waals surface area contributed by atoms with E-state index >= 15 is 0 Å². The fourth-order valence-electron chi connectivity index (χ4n) is 4.36. The van der Waals surface area contributed by atoms with Gasteiger partial charge in [0.15, 0.2) is 11.9 Å². The molecule has 0 fully saturated rings. The number of anilines is 1. The summed E-state index contributed by atoms with van der Waals surface area (Å²) in [5.41, 5.74) is 3.34. The number of amides is 2. The first-order valence-electron chi connectivity index (χ1n) is 12.8. The summed E-state index contributed by atoms with van der Waals surface area (Å²) < 4.78 is 8.22. The van der Waals surface area contributed by atoms with Crippen LogP contribution < -0.4 is 15.4 Å². The molecule has 0 spiro atoms. The molecule has 10 heteroatoms. The van der Waals surface area contributed by atoms with Gasteiger partial charge in [-0.3, -0.25) is 24.2 Å². The quantitative estimate of drug-likeness (QED) is 0.441. The van der Waals surface area contributed by atoms with Crippen LogP contribution in [0.4, 0.5) is 5.82 Å². The van der Waals surface area contributed by atoms with Crippen LogP contribution in [0.2, 0.25) is 0 Å². The number of hydrogen-bond acceptors (Lipinski definition) is 7. The first kappa shape index (κ1) is 28.6. The minimum atomic E-state index is -0.394. The van der Waals surface area contributed by atoms with Gasteiger partial charge < -0.3 is 20.3 Å². The van der Waals surface area contributed by atoms with Crippen LogP contribution in [0.1, 0.15) is 40.1 Å². The number of aryl methyl sites for hydroxylation is 2. The average Bonchev–Trinajstić information content (AvgIpc) is 3.26. The summed E-state index contributed by atoms with van der Waals surface area (Å²) in [7, 11) is 5.68. The Labute approximate surface area is 225 Å². The van der Waals surface area contributed by atoms with Crippen LogP contribution >= 0.6 is 0 Å². The maximum Gasteiger partial charge on any atom is 0.257 e. The summed E-state index contributed by atoms with van der Waals surface area (Å²) in [6.45, 7) is 12.9. The number of hydrogen-bond donors (Lipinski definition) is 2. The fraction of sp³-hybridized carbons (Fsp3) is 0.429. The minimum Gasteiger partial charge on any atom is -0.482 e. The van der Waals surface area contributed by atoms with E-state index in [0.717, 1.165) is 31.0 Å². The largest absolute Gasteiger partial charge is 0.482 e. The molecule has 1 aromatic heterocycles. The van der Waals surface area contributed by atoms with Crippen molar-refractivity contribution in [2.75, 3.05) is 52.1 Å². The molecule has 0 unspecified atom stereocenters. The topological polar surface area (TPSA) is 104 Å². The summed E-state index contributed by atoms with van der Waals surface area (Å²) in [5.74, 6) is 0.182. The number of nitrogens with zero attached hydrogens (tertiary/aromatic N) is 5. The number of allylic oxidation sites excluding steroid dienone is 2. The Balaban J connectivity index is 2.00. The average molecular weight is 522 g/mol. The lowest BCUT2D eigenvalue weighted by atomic mass is 10.0. The van der Waals surface area contributed by atoms with Crippen molar-refractivity contribution < 1.29 is 14.3 Å². The van der Waals surface area contributed by atoms with Crippen molar-refractivity contribution in [3.63, 3.8) is 0 Å². The molecule has 0 saturated carbocycles. The fourth-order valence-corrected chi connectivity index (χ4v) is 4.36. The summed E-state index contributed by atoms with van der Waals surface area (Å²) in [6.07, 6.45) is 5.00. The second-order valence-corrected chi connectivity index (χ2v) is 9.53. The molecule has 2 N–H and O–H groups in total. The van der Waals surface area contributed by atoms with E-state index in [1.807, 2.05) is 45.8 Å². The van der Waals surface area contributed by atoms with E-state index in [-0.39, 0.29) is 11.8 Å². The highest BCUT2D eigenvalue weighted by molar-refractivity contribution is 6.07. The van der Waals surface area contributed by atoms with Crippen molar-refractivity contribution in [1.29, 1.82) is 0 Å². The third-order valence-corrected chi connectivity index (χ3v) is 6.19. The van der Waals surface area contributed by atoms with Crippen LogP contribution in [-0.2, 0) is 7.05 Å². The number of likely N-dealkylation sites (N-methyl/N-ethyl adjacent to an activating group) is 1. The summed E-state index contributed by atoms with van der Waals surface area (Å²) in [5, 5.41) is 9.86. The number of aliphatic imine (C=N–C) groups is 1. The highest BCUT2D eigenvalue weighted by atomic mass is 16.5. The van der Waals surface area contributed by atoms with Crippen LogP contribution in [0.15, 0.2) is 53.8 Å². The normalized spacial score (nSPS) is 14.9. The Morgan fingerprint density at radius 2 is 2.00 bits per heavy atom. The highest BCUT2D eigenvalue weighted by Gasteiger charge is 2.26. The van der Waals surface area contributed by atoms with E-state index in [4.69, 9.17) is 4.74 Å². The maximum absolute atomic E-state index is 13.2. The monoisotopic (exact) mass is 521 g/mol. The number of rotatable bonds is 11. The second-order valence-electron chi connectivity index (χ2n) is 9.53. The summed E-state index contributed by atoms with van der Waals surface area (Å²) in [4.78, 5) is 35.1. The van der Waals surface area contributed by atoms with Crippen molar-refractivity contribution in [1.82, 2.24) is 24.9 Å². The molecule has 10 nitrogen and oxygen atoms in total. The molecule has 2 amide bonds. The molecule has 1 aliphatic rings. The second kappa shape index (κ2) is 13.0. The van der Waals surface area contributed by atoms with Gasteiger partial charge in [-0.15, -0.1) is 0 Å². The molecule has 1 aromatic carbocycles. The Kier molecular flexibility index (Phi) is 9.84. The SMILES string of the molecule is C=C/C=C(/[C@@H](CN1CCN=C(C)C1)Oc1cc(C)c(C(=O)Nc2ccn(C)n2)cc1C(=O)NCC)N(C)C. The highest BCUT2D eigenvalue weighted by Crippen LogP contribution is 2.28. The molecule has 38 heavy (non-hydrogen) atoms. The summed E-state index contributed by atoms with van der Waals surface area (Å²) in [6, 6.07) is 5.06. The van der Waals surface area contributed by atoms with Gasteiger partial charge in [0.25, 0.3) is 11.8 Å². The van der Waals surface area contributed by atoms with Crippen LogP contribution in [0.25, 0.3) is 0 Å². The van der Waals surface area contributed by atoms with Gasteiger partial charge in [0.05, 0.1) is 17.8 Å². The Morgan fingerprint density at radius 1 is 1.24 bits per heavy atom. The van der Waals surface area contributed by atoms with E-state index in [1.54, 1.807) is 42.2 Å². The molecule has 0 saturated heterocycles. The third kappa shape index (κ3) is 7.32. The molecule has 1 aliphatic heterocycles. The Hall–Kier alpha value is -3.92. The number of ether oxygens (including phenoxy) is 1. The maximum atomic E-state index is 13.2. The Bertz CT molecular complexity index is 1230. The Morgan fingerprint density at radius 3 is 2.61 bits per heavy atom. The minimum absolute atomic E-state index is 0.293. The van der Waals surface area contributed by atoms with Crippen LogP contribution in [0.3, 0.4) is 0 Å². The molecule has 0 aliphatic carbocycles. The number of carbonyl (C=O) groups is 2. The van der Waals surface area contributed by atoms with Crippen molar-refractivity contribution in [3.8, 4) is 5.75 Å². The molecule has 3 rings (SSSR count). The van der Waals surface area contributed by atoms with Gasteiger partial charge in [-0.05, 0) is 44.5 Å². The van der Waals surface area contributed by atoms with Gasteiger partial charge >= 0.3 is 0 Å². The molecule has 2 aromatic rings. The van der Waals surface area contributed by atoms with Crippen molar-refractivity contribution in [2.45, 2.75) is 26.9 Å². The van der Waals surface area contributed by atoms with Crippen molar-refractivity contribution in [2.24, 2.45) is 12.0 Å². The van der Waals surface area contributed by atoms with Crippen LogP contribution in [-0.4, -0.2) is 90.0 Å². The number of nitrogens with one attached hydrogen (secondary N) is 2. The molecule has 0 radical (unpaired) electrons. The lowest BCUT2D eigenvalue weighted by Gasteiger charge is -2.33. The molecule has 204 valence electrons. The molecular formula is C28H39N7O3. The van der Waals surface area contributed by atoms with E-state index in [9.17, 15) is 9.59 Å². The number of aromatic nitrogens is 2. The van der Waals surface area contributed by atoms with Gasteiger partial charge in [0.2, 0.25) is 0 Å². The zero-order chi connectivity index (χ0) is 27.8. The lowest BCUT2D eigenvalue weighted by molar-refractivity contribution is 0.0944. The van der Waals surface area contributed by atoms with Gasteiger partial charge in [0.1, 0.15) is 5.75 Å². The van der Waals surface area contributed by atoms with Gasteiger partial charge in [-0.25, -0.2) is 0 Å². The number of benzene rings is 1. The lowest BCUT2D eigenvalue weighted by Crippen LogP contribution is -2.44. The zero-order valence-corrected chi connectivity index (χ0v) is 23.2. The van der Waals surface area contributed by atoms with Crippen molar-refractivity contribution in [3.05, 3.63) is 65.5 Å². The molecular weight excluding hydrogens is 482 g/mol. The first-order chi connectivity index (χ1) is 18.1. The summed E-state index contributed by atoms with van der Waals surface area (Å²) >= 11 is 0. The number of carbonyl (C=O) groups excluding carboxylic acids is 2. The smallest absolute Gasteiger partial charge is 0.257 e. The van der Waals surface area contributed by atoms with E-state index in [0.29, 0.717) is 41.3 Å². The van der Waals surface area contributed by atoms with Gasteiger partial charge in [0, 0.05) is 70.9 Å². The van der Waals surface area contributed by atoms with E-state index in [1.165, 1.54) is 0 Å². The first-order valence-corrected chi connectivity index (χ1v) is 12.8. The molecule has 1 atom stereocenters. The van der Waals surface area contributed by atoms with E-state index in [2.05, 4.69) is 32.2 Å². The van der Waals surface area contributed by atoms with Crippen molar-refractivity contribution >= 4 is 23.3 Å². The molecule has 2 heterocycles. The zero-order valence-electron chi connectivity index (χ0n) is 23.2. The molecule has 0 bridgehead atoms. The standard InChI is InChI=1S/C28H39N7O3/c1-8-10-23(33(5)6)25(18-35-14-12-30-20(4)17-35)38-24-15-19(3)21(16-22(24)27(36)29-9-2)28(37)31-26-11-13-34(7)32-26/h8,10-11,13,15-16,25H,1,9,12,14,17-18H2,2-7H3,(H,29,36)(H,31,32,37)/b23-10-/t25-/m1/s1. The predicted octanol–water partition coefficient (Wildman–Crippen LogP) is 2.89. The van der Waals surface area contributed by atoms with Crippen LogP contribution in [0, 0.1) is 6.92 Å². The van der Waals surface area contributed by atoms with Gasteiger partial charge in [-0.1, -0.05) is 12.7 Å². The van der Waals surface area contributed by atoms with Gasteiger partial charge in [-0.2, -0.15) is 5.10 Å².